The molecule has 0 saturated heterocycles. The van der Waals surface area contributed by atoms with Crippen LogP contribution in [0, 0.1) is 5.92 Å². The highest BCUT2D eigenvalue weighted by Gasteiger charge is 2.05. The van der Waals surface area contributed by atoms with Crippen LogP contribution in [-0.4, -0.2) is 22.2 Å². The van der Waals surface area contributed by atoms with Gasteiger partial charge in [-0.15, -0.1) is 0 Å². The molecule has 1 aromatic heterocycles. The number of aryl methyl sites for hydroxylation is 1. The summed E-state index contributed by atoms with van der Waals surface area (Å²) in [4.78, 5) is 11.5. The fourth-order valence-corrected chi connectivity index (χ4v) is 1.61. The summed E-state index contributed by atoms with van der Waals surface area (Å²) in [6.07, 6.45) is 5.38. The first-order valence-corrected chi connectivity index (χ1v) is 6.78. The van der Waals surface area contributed by atoms with E-state index in [2.05, 4.69) is 44.3 Å². The molecular weight excluding hydrogens is 226 g/mol. The van der Waals surface area contributed by atoms with E-state index >= 15 is 0 Å². The molecule has 0 aromatic carbocycles. The second kappa shape index (κ2) is 7.19. The second-order valence-electron chi connectivity index (χ2n) is 5.49. The van der Waals surface area contributed by atoms with Gasteiger partial charge in [-0.1, -0.05) is 27.7 Å². The summed E-state index contributed by atoms with van der Waals surface area (Å²) in [5.74, 6) is 1.15. The molecule has 1 heterocycles. The van der Waals surface area contributed by atoms with Crippen molar-refractivity contribution in [1.29, 1.82) is 0 Å². The van der Waals surface area contributed by atoms with Gasteiger partial charge in [0.05, 0.1) is 6.20 Å². The van der Waals surface area contributed by atoms with Gasteiger partial charge < -0.3 is 5.32 Å². The summed E-state index contributed by atoms with van der Waals surface area (Å²) in [5, 5.41) is 7.22. The minimum Gasteiger partial charge on any atom is -0.356 e. The molecule has 0 aliphatic rings. The highest BCUT2D eigenvalue weighted by Crippen LogP contribution is 2.12. The van der Waals surface area contributed by atoms with Crippen molar-refractivity contribution in [2.24, 2.45) is 5.92 Å². The topological polar surface area (TPSA) is 46.9 Å². The molecule has 1 amide bonds. The van der Waals surface area contributed by atoms with Crippen LogP contribution in [0.25, 0.3) is 0 Å². The molecule has 0 spiro atoms. The average Bonchev–Trinajstić information content (AvgIpc) is 2.75. The Morgan fingerprint density at radius 2 is 2.11 bits per heavy atom. The highest BCUT2D eigenvalue weighted by molar-refractivity contribution is 5.75. The zero-order valence-corrected chi connectivity index (χ0v) is 11.9. The molecule has 4 nitrogen and oxygen atoms in total. The van der Waals surface area contributed by atoms with E-state index in [4.69, 9.17) is 0 Å². The van der Waals surface area contributed by atoms with Crippen molar-refractivity contribution in [3.05, 3.63) is 18.0 Å². The van der Waals surface area contributed by atoms with Crippen LogP contribution < -0.4 is 5.32 Å². The lowest BCUT2D eigenvalue weighted by Crippen LogP contribution is -2.27. The van der Waals surface area contributed by atoms with Crippen molar-refractivity contribution < 1.29 is 4.79 Å². The molecule has 0 aliphatic carbocycles. The smallest absolute Gasteiger partial charge is 0.220 e. The zero-order valence-electron chi connectivity index (χ0n) is 11.9. The number of carbonyl (C=O) groups excluding carboxylic acids is 1. The predicted octanol–water partition coefficient (Wildman–Crippen LogP) is 2.56. The Morgan fingerprint density at radius 3 is 2.67 bits per heavy atom. The van der Waals surface area contributed by atoms with Gasteiger partial charge in [0.25, 0.3) is 0 Å². The van der Waals surface area contributed by atoms with E-state index in [0.29, 0.717) is 18.3 Å². The minimum absolute atomic E-state index is 0.139. The molecule has 0 atom stereocenters. The SMILES string of the molecule is CC(C)CNC(=O)CCCn1cc(C(C)C)cn1. The summed E-state index contributed by atoms with van der Waals surface area (Å²) >= 11 is 0. The minimum atomic E-state index is 0.139. The number of aromatic nitrogens is 2. The fraction of sp³-hybridized carbons (Fsp3) is 0.714. The van der Waals surface area contributed by atoms with Gasteiger partial charge in [0.2, 0.25) is 5.91 Å². The first-order chi connectivity index (χ1) is 8.49. The van der Waals surface area contributed by atoms with Crippen LogP contribution >= 0.6 is 0 Å². The maximum absolute atomic E-state index is 11.5. The summed E-state index contributed by atoms with van der Waals surface area (Å²) in [7, 11) is 0. The fourth-order valence-electron chi connectivity index (χ4n) is 1.61. The largest absolute Gasteiger partial charge is 0.356 e. The van der Waals surface area contributed by atoms with E-state index in [1.54, 1.807) is 0 Å². The molecule has 1 aromatic rings. The monoisotopic (exact) mass is 251 g/mol. The number of nitrogens with zero attached hydrogens (tertiary/aromatic N) is 2. The molecule has 4 heteroatoms. The average molecular weight is 251 g/mol. The van der Waals surface area contributed by atoms with Gasteiger partial charge >= 0.3 is 0 Å². The molecule has 0 unspecified atom stereocenters. The van der Waals surface area contributed by atoms with Gasteiger partial charge in [0.1, 0.15) is 0 Å². The lowest BCUT2D eigenvalue weighted by molar-refractivity contribution is -0.121. The number of nitrogens with one attached hydrogen (secondary N) is 1. The Morgan fingerprint density at radius 1 is 1.39 bits per heavy atom. The lowest BCUT2D eigenvalue weighted by atomic mass is 10.1. The number of hydrogen-bond acceptors (Lipinski definition) is 2. The van der Waals surface area contributed by atoms with Gasteiger partial charge in [-0.2, -0.15) is 5.10 Å². The van der Waals surface area contributed by atoms with E-state index in [1.807, 2.05) is 10.9 Å². The second-order valence-corrected chi connectivity index (χ2v) is 5.49. The third-order valence-corrected chi connectivity index (χ3v) is 2.82. The van der Waals surface area contributed by atoms with Gasteiger partial charge in [-0.3, -0.25) is 9.48 Å². The van der Waals surface area contributed by atoms with Crippen LogP contribution in [0.3, 0.4) is 0 Å². The van der Waals surface area contributed by atoms with Crippen molar-refractivity contribution in [3.8, 4) is 0 Å². The standard InChI is InChI=1S/C14H25N3O/c1-11(2)8-15-14(18)6-5-7-17-10-13(9-16-17)12(3)4/h9-12H,5-8H2,1-4H3,(H,15,18). The number of amides is 1. The zero-order chi connectivity index (χ0) is 13.5. The van der Waals surface area contributed by atoms with Crippen molar-refractivity contribution in [2.75, 3.05) is 6.54 Å². The van der Waals surface area contributed by atoms with E-state index in [9.17, 15) is 4.79 Å². The molecule has 0 bridgehead atoms. The van der Waals surface area contributed by atoms with E-state index in [-0.39, 0.29) is 5.91 Å². The Bertz CT molecular complexity index is 369. The molecular formula is C14H25N3O. The van der Waals surface area contributed by atoms with E-state index in [1.165, 1.54) is 5.56 Å². The molecule has 0 fully saturated rings. The molecule has 0 radical (unpaired) electrons. The maximum Gasteiger partial charge on any atom is 0.220 e. The molecule has 1 N–H and O–H groups in total. The van der Waals surface area contributed by atoms with Gasteiger partial charge in [0, 0.05) is 25.7 Å². The van der Waals surface area contributed by atoms with E-state index < -0.39 is 0 Å². The van der Waals surface area contributed by atoms with Crippen molar-refractivity contribution >= 4 is 5.91 Å². The third kappa shape index (κ3) is 5.34. The van der Waals surface area contributed by atoms with Crippen LogP contribution in [-0.2, 0) is 11.3 Å². The first-order valence-electron chi connectivity index (χ1n) is 6.78. The van der Waals surface area contributed by atoms with Gasteiger partial charge in [-0.05, 0) is 23.8 Å². The Labute approximate surface area is 110 Å². The molecule has 102 valence electrons. The summed E-state index contributed by atoms with van der Waals surface area (Å²) in [6.45, 7) is 10.1. The molecule has 0 aliphatic heterocycles. The van der Waals surface area contributed by atoms with Crippen molar-refractivity contribution in [2.45, 2.75) is 53.0 Å². The quantitative estimate of drug-likeness (QED) is 0.809. The number of rotatable bonds is 7. The summed E-state index contributed by atoms with van der Waals surface area (Å²) in [6, 6.07) is 0. The molecule has 0 saturated carbocycles. The van der Waals surface area contributed by atoms with Crippen molar-refractivity contribution in [3.63, 3.8) is 0 Å². The van der Waals surface area contributed by atoms with Crippen LogP contribution in [0.1, 0.15) is 52.0 Å². The van der Waals surface area contributed by atoms with Crippen LogP contribution in [0.15, 0.2) is 12.4 Å². The summed E-state index contributed by atoms with van der Waals surface area (Å²) < 4.78 is 1.92. The van der Waals surface area contributed by atoms with E-state index in [0.717, 1.165) is 19.5 Å². The Hall–Kier alpha value is -1.32. The predicted molar refractivity (Wildman–Crippen MR) is 73.4 cm³/mol. The number of carbonyl (C=O) groups is 1. The van der Waals surface area contributed by atoms with Gasteiger partial charge in [0.15, 0.2) is 0 Å². The highest BCUT2D eigenvalue weighted by atomic mass is 16.1. The third-order valence-electron chi connectivity index (χ3n) is 2.82. The number of hydrogen-bond donors (Lipinski definition) is 1. The normalized spacial score (nSPS) is 11.2. The van der Waals surface area contributed by atoms with Crippen LogP contribution in [0.4, 0.5) is 0 Å². The van der Waals surface area contributed by atoms with Gasteiger partial charge in [-0.25, -0.2) is 0 Å². The Balaban J connectivity index is 2.22. The molecule has 18 heavy (non-hydrogen) atoms. The summed E-state index contributed by atoms with van der Waals surface area (Å²) in [5.41, 5.74) is 1.25. The lowest BCUT2D eigenvalue weighted by Gasteiger charge is -2.07. The molecule has 1 rings (SSSR count). The van der Waals surface area contributed by atoms with Crippen molar-refractivity contribution in [1.82, 2.24) is 15.1 Å². The Kier molecular flexibility index (Phi) is 5.89. The van der Waals surface area contributed by atoms with Crippen LogP contribution in [0.5, 0.6) is 0 Å². The first kappa shape index (κ1) is 14.7. The maximum atomic E-state index is 11.5. The van der Waals surface area contributed by atoms with Crippen LogP contribution in [0.2, 0.25) is 0 Å².